The summed E-state index contributed by atoms with van der Waals surface area (Å²) in [4.78, 5) is 30.2. The summed E-state index contributed by atoms with van der Waals surface area (Å²) in [5.74, 6) is 1.59. The number of hydrogen-bond donors (Lipinski definition) is 0. The normalized spacial score (nSPS) is 11.5. The van der Waals surface area contributed by atoms with Crippen LogP contribution >= 0.6 is 0 Å². The van der Waals surface area contributed by atoms with Gasteiger partial charge in [-0.05, 0) is 166 Å². The first-order valence-corrected chi connectivity index (χ1v) is 16.2. The number of aromatic nitrogens is 6. The molecule has 238 valence electrons. The van der Waals surface area contributed by atoms with Gasteiger partial charge < -0.3 is 0 Å². The molecular weight excluding hydrogens is 564 g/mol. The van der Waals surface area contributed by atoms with Gasteiger partial charge in [0, 0.05) is 45.0 Å². The number of aryl methyl sites for hydroxylation is 6. The van der Waals surface area contributed by atoms with Crippen LogP contribution in [0.3, 0.4) is 0 Å². The summed E-state index contributed by atoms with van der Waals surface area (Å²) in [5, 5.41) is 0. The average molecular weight is 613 g/mol. The molecule has 0 radical (unpaired) electrons. The summed E-state index contributed by atoms with van der Waals surface area (Å²) in [6, 6.07) is 0. The number of hydrogen-bond acceptors (Lipinski definition) is 6. The molecule has 0 atom stereocenters. The van der Waals surface area contributed by atoms with Gasteiger partial charge in [-0.3, -0.25) is 0 Å². The molecule has 0 aliphatic rings. The van der Waals surface area contributed by atoms with Crippen molar-refractivity contribution in [1.29, 1.82) is 0 Å². The molecule has 6 nitrogen and oxygen atoms in total. The molecule has 0 aliphatic carbocycles. The van der Waals surface area contributed by atoms with Crippen molar-refractivity contribution in [3.63, 3.8) is 0 Å². The van der Waals surface area contributed by atoms with Crippen LogP contribution in [0.5, 0.6) is 0 Å². The summed E-state index contributed by atoms with van der Waals surface area (Å²) < 4.78 is 0. The Hall–Kier alpha value is -4.32. The summed E-state index contributed by atoms with van der Waals surface area (Å²) in [5.41, 5.74) is 24.1. The molecule has 0 unspecified atom stereocenters. The van der Waals surface area contributed by atoms with Crippen LogP contribution in [-0.2, 0) is 0 Å². The van der Waals surface area contributed by atoms with E-state index in [2.05, 4.69) is 111 Å². The Kier molecular flexibility index (Phi) is 8.48. The van der Waals surface area contributed by atoms with Gasteiger partial charge in [0.15, 0.2) is 11.6 Å². The van der Waals surface area contributed by atoms with E-state index in [0.29, 0.717) is 0 Å². The van der Waals surface area contributed by atoms with Crippen molar-refractivity contribution in [3.05, 3.63) is 89.8 Å². The molecule has 46 heavy (non-hydrogen) atoms. The van der Waals surface area contributed by atoms with Gasteiger partial charge in [-0.1, -0.05) is 0 Å². The lowest BCUT2D eigenvalue weighted by Crippen LogP contribution is -2.09. The summed E-state index contributed by atoms with van der Waals surface area (Å²) in [6.07, 6.45) is 0. The lowest BCUT2D eigenvalue weighted by Gasteiger charge is -2.23. The summed E-state index contributed by atoms with van der Waals surface area (Å²) in [6.45, 7) is 34.1. The van der Waals surface area contributed by atoms with E-state index in [0.717, 1.165) is 90.6 Å². The number of benzene rings is 2. The van der Waals surface area contributed by atoms with E-state index in [1.54, 1.807) is 0 Å². The van der Waals surface area contributed by atoms with Gasteiger partial charge in [0.05, 0.1) is 22.8 Å². The first-order chi connectivity index (χ1) is 21.5. The van der Waals surface area contributed by atoms with E-state index in [-0.39, 0.29) is 0 Å². The van der Waals surface area contributed by atoms with Crippen LogP contribution in [-0.4, -0.2) is 29.9 Å². The summed E-state index contributed by atoms with van der Waals surface area (Å²) in [7, 11) is 0. The number of rotatable bonds is 4. The molecule has 3 heterocycles. The Labute approximate surface area is 275 Å². The van der Waals surface area contributed by atoms with Crippen LogP contribution in [0, 0.1) is 111 Å². The van der Waals surface area contributed by atoms with E-state index in [1.807, 2.05) is 0 Å². The lowest BCUT2D eigenvalue weighted by molar-refractivity contribution is 1.01. The molecule has 0 fully saturated rings. The predicted octanol–water partition coefficient (Wildman–Crippen LogP) is 9.66. The molecule has 6 heteroatoms. The molecule has 0 bridgehead atoms. The first-order valence-electron chi connectivity index (χ1n) is 16.2. The lowest BCUT2D eigenvalue weighted by atomic mass is 9.85. The van der Waals surface area contributed by atoms with Crippen molar-refractivity contribution in [2.24, 2.45) is 0 Å². The van der Waals surface area contributed by atoms with Crippen molar-refractivity contribution in [2.75, 3.05) is 0 Å². The second-order valence-corrected chi connectivity index (χ2v) is 13.3. The van der Waals surface area contributed by atoms with E-state index >= 15 is 0 Å². The minimum atomic E-state index is 0.796. The van der Waals surface area contributed by atoms with Gasteiger partial charge in [-0.2, -0.15) is 0 Å². The van der Waals surface area contributed by atoms with Crippen molar-refractivity contribution >= 4 is 0 Å². The monoisotopic (exact) mass is 612 g/mol. The molecule has 0 amide bonds. The Balaban J connectivity index is 1.69. The van der Waals surface area contributed by atoms with E-state index in [4.69, 9.17) is 29.9 Å². The fraction of sp³-hybridized carbons (Fsp3) is 0.400. The Morgan fingerprint density at radius 2 is 0.435 bits per heavy atom. The molecule has 2 aromatic carbocycles. The molecular formula is C40H48N6. The standard InChI is InChI=1S/C40H48N6/c1-17-21(5)35(39-43-27(11)25(9)28(12)44-39)22(6)18(2)33(17)37-31(15)42-38(32(16)41-37)34-19(3)23(7)36(24(8)20(34)4)40-45-29(13)26(10)30(14)46-40/h1-16H3. The third-order valence-electron chi connectivity index (χ3n) is 10.7. The fourth-order valence-electron chi connectivity index (χ4n) is 6.85. The smallest absolute Gasteiger partial charge is 0.160 e. The SMILES string of the molecule is Cc1nc(-c2c(C)c(C)c(-c3nc(C)c(C)c(C)n3)c(C)c2C)c(C)nc1-c1c(C)c(C)c(-c2nc(C)c(C)c(C)n2)c(C)c1C. The number of nitrogens with zero attached hydrogens (tertiary/aromatic N) is 6. The predicted molar refractivity (Wildman–Crippen MR) is 191 cm³/mol. The maximum atomic E-state index is 5.30. The van der Waals surface area contributed by atoms with Crippen LogP contribution in [0.4, 0.5) is 0 Å². The van der Waals surface area contributed by atoms with Crippen LogP contribution in [0.15, 0.2) is 0 Å². The second-order valence-electron chi connectivity index (χ2n) is 13.3. The molecule has 0 spiro atoms. The zero-order valence-electron chi connectivity index (χ0n) is 30.7. The average Bonchev–Trinajstić information content (AvgIpc) is 2.99. The maximum absolute atomic E-state index is 5.30. The second kappa shape index (κ2) is 11.8. The van der Waals surface area contributed by atoms with Crippen LogP contribution < -0.4 is 0 Å². The van der Waals surface area contributed by atoms with Crippen molar-refractivity contribution in [2.45, 2.75) is 111 Å². The Morgan fingerprint density at radius 3 is 0.674 bits per heavy atom. The van der Waals surface area contributed by atoms with Crippen LogP contribution in [0.1, 0.15) is 89.8 Å². The van der Waals surface area contributed by atoms with Gasteiger partial charge in [-0.15, -0.1) is 0 Å². The van der Waals surface area contributed by atoms with E-state index in [1.165, 1.54) is 44.5 Å². The summed E-state index contributed by atoms with van der Waals surface area (Å²) >= 11 is 0. The highest BCUT2D eigenvalue weighted by atomic mass is 14.9. The highest BCUT2D eigenvalue weighted by Gasteiger charge is 2.25. The van der Waals surface area contributed by atoms with Crippen molar-refractivity contribution in [1.82, 2.24) is 29.9 Å². The molecule has 0 N–H and O–H groups in total. The minimum absolute atomic E-state index is 0.796. The molecule has 0 aliphatic heterocycles. The zero-order chi connectivity index (χ0) is 34.1. The third kappa shape index (κ3) is 5.12. The largest absolute Gasteiger partial charge is 0.249 e. The van der Waals surface area contributed by atoms with E-state index in [9.17, 15) is 0 Å². The van der Waals surface area contributed by atoms with Gasteiger partial charge in [0.25, 0.3) is 0 Å². The zero-order valence-corrected chi connectivity index (χ0v) is 30.7. The fourth-order valence-corrected chi connectivity index (χ4v) is 6.85. The highest BCUT2D eigenvalue weighted by Crippen LogP contribution is 2.42. The molecule has 0 saturated carbocycles. The third-order valence-corrected chi connectivity index (χ3v) is 10.7. The van der Waals surface area contributed by atoms with Gasteiger partial charge in [0.1, 0.15) is 0 Å². The molecule has 0 saturated heterocycles. The maximum Gasteiger partial charge on any atom is 0.160 e. The highest BCUT2D eigenvalue weighted by molar-refractivity contribution is 5.83. The molecule has 5 aromatic rings. The van der Waals surface area contributed by atoms with Crippen molar-refractivity contribution in [3.8, 4) is 45.3 Å². The van der Waals surface area contributed by atoms with Gasteiger partial charge in [-0.25, -0.2) is 29.9 Å². The van der Waals surface area contributed by atoms with Crippen molar-refractivity contribution < 1.29 is 0 Å². The molecule has 3 aromatic heterocycles. The Bertz CT molecular complexity index is 1850. The van der Waals surface area contributed by atoms with E-state index < -0.39 is 0 Å². The molecule has 5 rings (SSSR count). The van der Waals surface area contributed by atoms with Crippen LogP contribution in [0.25, 0.3) is 45.3 Å². The minimum Gasteiger partial charge on any atom is -0.249 e. The van der Waals surface area contributed by atoms with Gasteiger partial charge >= 0.3 is 0 Å². The first kappa shape index (κ1) is 33.1. The van der Waals surface area contributed by atoms with Gasteiger partial charge in [0.2, 0.25) is 0 Å². The van der Waals surface area contributed by atoms with Crippen LogP contribution in [0.2, 0.25) is 0 Å². The quantitative estimate of drug-likeness (QED) is 0.201. The Morgan fingerprint density at radius 1 is 0.217 bits per heavy atom. The topological polar surface area (TPSA) is 77.3 Å².